The van der Waals surface area contributed by atoms with Crippen LogP contribution in [0.15, 0.2) is 59.8 Å². The van der Waals surface area contributed by atoms with E-state index in [0.29, 0.717) is 13.1 Å². The summed E-state index contributed by atoms with van der Waals surface area (Å²) in [6, 6.07) is 14.5. The molecule has 0 radical (unpaired) electrons. The normalized spacial score (nSPS) is 15.5. The van der Waals surface area contributed by atoms with Gasteiger partial charge < -0.3 is 4.90 Å². The fourth-order valence-electron chi connectivity index (χ4n) is 3.79. The Kier molecular flexibility index (Phi) is 6.31. The minimum Gasteiger partial charge on any atom is -0.340 e. The Hall–Kier alpha value is -3.11. The molecule has 3 aromatic rings. The van der Waals surface area contributed by atoms with Crippen molar-refractivity contribution in [3.8, 4) is 5.69 Å². The second kappa shape index (κ2) is 9.03. The smallest absolute Gasteiger partial charge is 0.243 e. The van der Waals surface area contributed by atoms with Crippen LogP contribution >= 0.6 is 0 Å². The third-order valence-corrected chi connectivity index (χ3v) is 7.77. The van der Waals surface area contributed by atoms with E-state index in [2.05, 4.69) is 36.3 Å². The van der Waals surface area contributed by atoms with Crippen LogP contribution < -0.4 is 0 Å². The minimum atomic E-state index is -3.58. The van der Waals surface area contributed by atoms with Crippen molar-refractivity contribution >= 4 is 15.9 Å². The maximum atomic E-state index is 13.1. The van der Waals surface area contributed by atoms with Crippen molar-refractivity contribution in [1.82, 2.24) is 29.4 Å². The number of piperazine rings is 1. The van der Waals surface area contributed by atoms with E-state index in [0.717, 1.165) is 16.8 Å². The van der Waals surface area contributed by atoms with E-state index in [1.165, 1.54) is 10.6 Å². The number of sulfonamides is 1. The van der Waals surface area contributed by atoms with Gasteiger partial charge in [-0.15, -0.1) is 5.10 Å². The second-order valence-corrected chi connectivity index (χ2v) is 11.1. The van der Waals surface area contributed by atoms with Gasteiger partial charge in [0.15, 0.2) is 0 Å². The number of aromatic nitrogens is 4. The summed E-state index contributed by atoms with van der Waals surface area (Å²) in [5.41, 5.74) is 2.74. The SMILES string of the molecule is CC(C)(C)c1ccc(S(=O)(=O)N2CCN(C(=O)Cc3ccc(-n4cnnn4)cc3)CC2)cc1. The van der Waals surface area contributed by atoms with E-state index in [9.17, 15) is 13.2 Å². The predicted octanol–water partition coefficient (Wildman–Crippen LogP) is 2.04. The first-order valence-electron chi connectivity index (χ1n) is 10.9. The quantitative estimate of drug-likeness (QED) is 0.568. The molecule has 9 nitrogen and oxygen atoms in total. The lowest BCUT2D eigenvalue weighted by Crippen LogP contribution is -2.50. The van der Waals surface area contributed by atoms with E-state index < -0.39 is 10.0 Å². The zero-order valence-corrected chi connectivity index (χ0v) is 19.9. The summed E-state index contributed by atoms with van der Waals surface area (Å²) in [7, 11) is -3.58. The molecule has 1 aliphatic rings. The molecule has 1 amide bonds. The topological polar surface area (TPSA) is 101 Å². The number of hydrogen-bond acceptors (Lipinski definition) is 6. The van der Waals surface area contributed by atoms with Gasteiger partial charge in [0.05, 0.1) is 17.0 Å². The lowest BCUT2D eigenvalue weighted by molar-refractivity contribution is -0.131. The van der Waals surface area contributed by atoms with Crippen LogP contribution in [0.5, 0.6) is 0 Å². The van der Waals surface area contributed by atoms with Crippen LogP contribution in [0.25, 0.3) is 5.69 Å². The third-order valence-electron chi connectivity index (χ3n) is 5.85. The summed E-state index contributed by atoms with van der Waals surface area (Å²) < 4.78 is 29.1. The van der Waals surface area contributed by atoms with Gasteiger partial charge >= 0.3 is 0 Å². The number of carbonyl (C=O) groups excluding carboxylic acids is 1. The van der Waals surface area contributed by atoms with Gasteiger partial charge in [-0.05, 0) is 51.2 Å². The summed E-state index contributed by atoms with van der Waals surface area (Å²) in [6.07, 6.45) is 1.77. The lowest BCUT2D eigenvalue weighted by Gasteiger charge is -2.34. The van der Waals surface area contributed by atoms with Crippen LogP contribution in [0, 0.1) is 0 Å². The highest BCUT2D eigenvalue weighted by Crippen LogP contribution is 2.25. The maximum absolute atomic E-state index is 13.1. The van der Waals surface area contributed by atoms with Gasteiger partial charge in [-0.3, -0.25) is 4.79 Å². The average molecular weight is 469 g/mol. The second-order valence-electron chi connectivity index (χ2n) is 9.16. The Morgan fingerprint density at radius 1 is 0.939 bits per heavy atom. The summed E-state index contributed by atoms with van der Waals surface area (Å²) >= 11 is 0. The van der Waals surface area contributed by atoms with Crippen molar-refractivity contribution in [3.05, 3.63) is 66.0 Å². The number of benzene rings is 2. The molecule has 1 aliphatic heterocycles. The van der Waals surface area contributed by atoms with E-state index in [4.69, 9.17) is 0 Å². The molecule has 1 saturated heterocycles. The molecular weight excluding hydrogens is 440 g/mol. The highest BCUT2D eigenvalue weighted by Gasteiger charge is 2.30. The van der Waals surface area contributed by atoms with E-state index in [1.807, 2.05) is 36.4 Å². The molecular formula is C23H28N6O3S. The number of carbonyl (C=O) groups is 1. The van der Waals surface area contributed by atoms with Gasteiger partial charge in [0, 0.05) is 26.2 Å². The summed E-state index contributed by atoms with van der Waals surface area (Å²) in [4.78, 5) is 14.8. The van der Waals surface area contributed by atoms with Gasteiger partial charge in [0.25, 0.3) is 0 Å². The van der Waals surface area contributed by atoms with Crippen molar-refractivity contribution < 1.29 is 13.2 Å². The van der Waals surface area contributed by atoms with Crippen molar-refractivity contribution in [2.75, 3.05) is 26.2 Å². The minimum absolute atomic E-state index is 0.0169. The van der Waals surface area contributed by atoms with Crippen molar-refractivity contribution in [1.29, 1.82) is 0 Å². The van der Waals surface area contributed by atoms with Gasteiger partial charge in [-0.25, -0.2) is 13.1 Å². The number of rotatable bonds is 5. The molecule has 4 rings (SSSR count). The Balaban J connectivity index is 1.34. The van der Waals surface area contributed by atoms with E-state index in [-0.39, 0.29) is 35.7 Å². The monoisotopic (exact) mass is 468 g/mol. The molecule has 33 heavy (non-hydrogen) atoms. The standard InChI is InChI=1S/C23H28N6O3S/c1-23(2,3)19-6-10-21(11-7-19)33(31,32)28-14-12-27(13-15-28)22(30)16-18-4-8-20(9-5-18)29-17-24-25-26-29/h4-11,17H,12-16H2,1-3H3. The van der Waals surface area contributed by atoms with Gasteiger partial charge in [0.2, 0.25) is 15.9 Å². The Morgan fingerprint density at radius 2 is 1.58 bits per heavy atom. The van der Waals surface area contributed by atoms with Crippen molar-refractivity contribution in [2.24, 2.45) is 0 Å². The Bertz CT molecular complexity index is 1190. The van der Waals surface area contributed by atoms with Crippen LogP contribution in [-0.4, -0.2) is 69.9 Å². The third kappa shape index (κ3) is 5.12. The Labute approximate surface area is 194 Å². The molecule has 0 saturated carbocycles. The van der Waals surface area contributed by atoms with E-state index >= 15 is 0 Å². The number of hydrogen-bond donors (Lipinski definition) is 0. The molecule has 10 heteroatoms. The maximum Gasteiger partial charge on any atom is 0.243 e. The van der Waals surface area contributed by atoms with Crippen LogP contribution in [-0.2, 0) is 26.7 Å². The first kappa shape index (κ1) is 23.1. The molecule has 1 fully saturated rings. The zero-order valence-electron chi connectivity index (χ0n) is 19.0. The molecule has 0 unspecified atom stereocenters. The van der Waals surface area contributed by atoms with E-state index in [1.54, 1.807) is 21.7 Å². The zero-order chi connectivity index (χ0) is 23.6. The molecule has 0 spiro atoms. The van der Waals surface area contributed by atoms with Crippen molar-refractivity contribution in [3.63, 3.8) is 0 Å². The molecule has 0 N–H and O–H groups in total. The molecule has 2 aromatic carbocycles. The number of nitrogens with zero attached hydrogens (tertiary/aromatic N) is 6. The summed E-state index contributed by atoms with van der Waals surface area (Å²) in [6.45, 7) is 7.60. The van der Waals surface area contributed by atoms with Gasteiger partial charge in [0.1, 0.15) is 6.33 Å². The number of tetrazole rings is 1. The Morgan fingerprint density at radius 3 is 2.12 bits per heavy atom. The summed E-state index contributed by atoms with van der Waals surface area (Å²) in [5.74, 6) is -0.0169. The molecule has 2 heterocycles. The lowest BCUT2D eigenvalue weighted by atomic mass is 9.87. The fourth-order valence-corrected chi connectivity index (χ4v) is 5.21. The van der Waals surface area contributed by atoms with Crippen LogP contribution in [0.3, 0.4) is 0 Å². The highest BCUT2D eigenvalue weighted by molar-refractivity contribution is 7.89. The summed E-state index contributed by atoms with van der Waals surface area (Å²) in [5, 5.41) is 11.1. The molecule has 174 valence electrons. The molecule has 0 aliphatic carbocycles. The highest BCUT2D eigenvalue weighted by atomic mass is 32.2. The molecule has 0 bridgehead atoms. The number of amides is 1. The molecule has 0 atom stereocenters. The van der Waals surface area contributed by atoms with Gasteiger partial charge in [-0.1, -0.05) is 45.0 Å². The van der Waals surface area contributed by atoms with Gasteiger partial charge in [-0.2, -0.15) is 4.31 Å². The van der Waals surface area contributed by atoms with Crippen LogP contribution in [0.1, 0.15) is 31.9 Å². The first-order chi connectivity index (χ1) is 15.6. The fraction of sp³-hybridized carbons (Fsp3) is 0.391. The largest absolute Gasteiger partial charge is 0.340 e. The van der Waals surface area contributed by atoms with Crippen molar-refractivity contribution in [2.45, 2.75) is 37.5 Å². The molecule has 1 aromatic heterocycles. The predicted molar refractivity (Wildman–Crippen MR) is 123 cm³/mol. The van der Waals surface area contributed by atoms with Crippen LogP contribution in [0.4, 0.5) is 0 Å². The average Bonchev–Trinajstić information content (AvgIpc) is 3.34. The first-order valence-corrected chi connectivity index (χ1v) is 12.3. The van der Waals surface area contributed by atoms with Crippen LogP contribution in [0.2, 0.25) is 0 Å².